The highest BCUT2D eigenvalue weighted by Gasteiger charge is 2.24. The van der Waals surface area contributed by atoms with Crippen LogP contribution in [-0.4, -0.2) is 28.7 Å². The third kappa shape index (κ3) is 6.33. The summed E-state index contributed by atoms with van der Waals surface area (Å²) >= 11 is 6.27. The number of carbonyl (C=O) groups is 2. The number of H-pyrrole nitrogens is 1. The zero-order chi connectivity index (χ0) is 29.1. The summed E-state index contributed by atoms with van der Waals surface area (Å²) in [5, 5.41) is 3.45. The summed E-state index contributed by atoms with van der Waals surface area (Å²) in [5.41, 5.74) is 3.82. The molecule has 2 heterocycles. The smallest absolute Gasteiger partial charge is 0.252 e. The van der Waals surface area contributed by atoms with Crippen LogP contribution in [0, 0.1) is 17.5 Å². The molecule has 0 unspecified atom stereocenters. The Morgan fingerprint density at radius 2 is 1.76 bits per heavy atom. The van der Waals surface area contributed by atoms with Gasteiger partial charge in [0.1, 0.15) is 23.2 Å². The number of carbonyl (C=O) groups excluding carboxylic acids is 2. The molecule has 0 aliphatic rings. The van der Waals surface area contributed by atoms with Gasteiger partial charge in [-0.05, 0) is 71.6 Å². The minimum atomic E-state index is -0.722. The monoisotopic (exact) mass is 575 g/mol. The van der Waals surface area contributed by atoms with Crippen LogP contribution in [-0.2, 0) is 17.6 Å². The number of ketones is 1. The quantitative estimate of drug-likeness (QED) is 0.195. The highest BCUT2D eigenvalue weighted by Crippen LogP contribution is 2.34. The Morgan fingerprint density at radius 1 is 0.976 bits per heavy atom. The van der Waals surface area contributed by atoms with Gasteiger partial charge in [0.2, 0.25) is 0 Å². The number of aromatic amines is 1. The van der Waals surface area contributed by atoms with Crippen LogP contribution in [0.2, 0.25) is 5.02 Å². The summed E-state index contributed by atoms with van der Waals surface area (Å²) < 4.78 is 42.1. The Balaban J connectivity index is 1.53. The highest BCUT2D eigenvalue weighted by atomic mass is 35.5. The van der Waals surface area contributed by atoms with Gasteiger partial charge in [0.05, 0.1) is 16.3 Å². The lowest BCUT2D eigenvalue weighted by Crippen LogP contribution is -2.18. The second-order valence-corrected chi connectivity index (χ2v) is 10.2. The molecule has 0 saturated heterocycles. The summed E-state index contributed by atoms with van der Waals surface area (Å²) in [7, 11) is 1.50. The lowest BCUT2D eigenvalue weighted by Gasteiger charge is -2.20. The molecular formula is C32H25ClF3N3O2. The van der Waals surface area contributed by atoms with Crippen molar-refractivity contribution in [2.75, 3.05) is 7.05 Å². The van der Waals surface area contributed by atoms with Crippen molar-refractivity contribution in [1.29, 1.82) is 0 Å². The zero-order valence-corrected chi connectivity index (χ0v) is 22.7. The Hall–Kier alpha value is -4.43. The number of rotatable bonds is 9. The summed E-state index contributed by atoms with van der Waals surface area (Å²) in [5.74, 6) is -2.94. The Kier molecular flexibility index (Phi) is 8.21. The molecule has 0 saturated carbocycles. The van der Waals surface area contributed by atoms with Crippen LogP contribution in [0.1, 0.15) is 39.5 Å². The van der Waals surface area contributed by atoms with Gasteiger partial charge in [-0.1, -0.05) is 23.7 Å². The number of pyridine rings is 1. The Bertz CT molecular complexity index is 1750. The fourth-order valence-corrected chi connectivity index (χ4v) is 5.33. The van der Waals surface area contributed by atoms with E-state index in [1.54, 1.807) is 42.7 Å². The van der Waals surface area contributed by atoms with Gasteiger partial charge in [-0.25, -0.2) is 13.2 Å². The number of nitrogens with one attached hydrogen (secondary N) is 2. The van der Waals surface area contributed by atoms with Gasteiger partial charge in [-0.3, -0.25) is 14.6 Å². The normalized spacial score (nSPS) is 11.9. The number of amides is 1. The number of benzene rings is 3. The molecule has 5 nitrogen and oxygen atoms in total. The first kappa shape index (κ1) is 28.1. The van der Waals surface area contributed by atoms with Crippen LogP contribution in [0.15, 0.2) is 79.1 Å². The molecule has 41 heavy (non-hydrogen) atoms. The van der Waals surface area contributed by atoms with E-state index >= 15 is 0 Å². The largest absolute Gasteiger partial charge is 0.361 e. The predicted molar refractivity (Wildman–Crippen MR) is 152 cm³/mol. The van der Waals surface area contributed by atoms with Gasteiger partial charge in [0.25, 0.3) is 5.91 Å². The minimum absolute atomic E-state index is 0.0000275. The SMILES string of the molecule is CNC(=O)c1cc(-c2cccnc2[C@@H](CC(=O)Cc2c[nH]c3ccc(F)cc23)Cc2cc(F)cc(F)c2)ccc1Cl. The van der Waals surface area contributed by atoms with Gasteiger partial charge < -0.3 is 10.3 Å². The third-order valence-corrected chi connectivity index (χ3v) is 7.30. The van der Waals surface area contributed by atoms with Crippen LogP contribution in [0.25, 0.3) is 22.0 Å². The molecule has 208 valence electrons. The maximum atomic E-state index is 14.1. The summed E-state index contributed by atoms with van der Waals surface area (Å²) in [4.78, 5) is 33.5. The molecule has 0 spiro atoms. The number of hydrogen-bond donors (Lipinski definition) is 2. The van der Waals surface area contributed by atoms with E-state index in [-0.39, 0.29) is 41.5 Å². The molecule has 3 aromatic carbocycles. The van der Waals surface area contributed by atoms with Gasteiger partial charge in [-0.15, -0.1) is 0 Å². The molecule has 5 rings (SSSR count). The average Bonchev–Trinajstić information content (AvgIpc) is 3.33. The number of nitrogens with zero attached hydrogens (tertiary/aromatic N) is 1. The molecule has 0 aliphatic carbocycles. The molecule has 0 bridgehead atoms. The number of hydrogen-bond acceptors (Lipinski definition) is 3. The van der Waals surface area contributed by atoms with E-state index < -0.39 is 23.4 Å². The van der Waals surface area contributed by atoms with Gasteiger partial charge in [0, 0.05) is 60.7 Å². The number of aromatic nitrogens is 2. The first-order chi connectivity index (χ1) is 19.7. The zero-order valence-electron chi connectivity index (χ0n) is 22.0. The molecular weight excluding hydrogens is 551 g/mol. The number of Topliss-reactive ketones (excluding diaryl/α,β-unsaturated/α-hetero) is 1. The van der Waals surface area contributed by atoms with E-state index in [4.69, 9.17) is 11.6 Å². The Morgan fingerprint density at radius 3 is 2.51 bits per heavy atom. The molecule has 0 radical (unpaired) electrons. The topological polar surface area (TPSA) is 74.8 Å². The van der Waals surface area contributed by atoms with E-state index in [2.05, 4.69) is 15.3 Å². The lowest BCUT2D eigenvalue weighted by molar-refractivity contribution is -0.118. The third-order valence-electron chi connectivity index (χ3n) is 6.97. The van der Waals surface area contributed by atoms with Crippen molar-refractivity contribution in [2.24, 2.45) is 0 Å². The lowest BCUT2D eigenvalue weighted by atomic mass is 9.85. The molecule has 2 aromatic heterocycles. The maximum absolute atomic E-state index is 14.1. The second-order valence-electron chi connectivity index (χ2n) is 9.81. The summed E-state index contributed by atoms with van der Waals surface area (Å²) in [6, 6.07) is 16.1. The molecule has 9 heteroatoms. The fraction of sp³-hybridized carbons (Fsp3) is 0.156. The molecule has 1 amide bonds. The first-order valence-corrected chi connectivity index (χ1v) is 13.3. The van der Waals surface area contributed by atoms with Crippen molar-refractivity contribution < 1.29 is 22.8 Å². The predicted octanol–water partition coefficient (Wildman–Crippen LogP) is 7.19. The minimum Gasteiger partial charge on any atom is -0.361 e. The van der Waals surface area contributed by atoms with Gasteiger partial charge in [-0.2, -0.15) is 0 Å². The van der Waals surface area contributed by atoms with Crippen molar-refractivity contribution in [3.05, 3.63) is 124 Å². The van der Waals surface area contributed by atoms with E-state index in [1.807, 2.05) is 6.07 Å². The van der Waals surface area contributed by atoms with Crippen LogP contribution in [0.3, 0.4) is 0 Å². The second kappa shape index (κ2) is 12.0. The van der Waals surface area contributed by atoms with Crippen LogP contribution in [0.4, 0.5) is 13.2 Å². The van der Waals surface area contributed by atoms with Gasteiger partial charge in [0.15, 0.2) is 0 Å². The maximum Gasteiger partial charge on any atom is 0.252 e. The van der Waals surface area contributed by atoms with Crippen LogP contribution in [0.5, 0.6) is 0 Å². The standard InChI is InChI=1S/C32H25ClF3N3O2/c1-37-32(41)28-14-19(4-6-29(28)33)26-3-2-8-38-31(26)20(9-18-10-23(35)15-24(36)11-18)12-25(40)13-21-17-39-30-7-5-22(34)16-27(21)30/h2-8,10-11,14-17,20,39H,9,12-13H2,1H3,(H,37,41)/t20-/m1/s1. The first-order valence-electron chi connectivity index (χ1n) is 12.9. The van der Waals surface area contributed by atoms with Crippen molar-refractivity contribution in [3.63, 3.8) is 0 Å². The summed E-state index contributed by atoms with van der Waals surface area (Å²) in [6.45, 7) is 0. The van der Waals surface area contributed by atoms with Crippen molar-refractivity contribution in [1.82, 2.24) is 15.3 Å². The number of fused-ring (bicyclic) bond motifs is 1. The van der Waals surface area contributed by atoms with E-state index in [1.165, 1.54) is 31.3 Å². The molecule has 5 aromatic rings. The van der Waals surface area contributed by atoms with Crippen LogP contribution < -0.4 is 5.32 Å². The van der Waals surface area contributed by atoms with Crippen molar-refractivity contribution in [2.45, 2.75) is 25.2 Å². The molecule has 2 N–H and O–H groups in total. The van der Waals surface area contributed by atoms with Gasteiger partial charge >= 0.3 is 0 Å². The molecule has 0 aliphatic heterocycles. The summed E-state index contributed by atoms with van der Waals surface area (Å²) in [6.07, 6.45) is 3.42. The average molecular weight is 576 g/mol. The molecule has 0 fully saturated rings. The van der Waals surface area contributed by atoms with Crippen molar-refractivity contribution in [3.8, 4) is 11.1 Å². The van der Waals surface area contributed by atoms with Crippen LogP contribution >= 0.6 is 11.6 Å². The Labute approximate surface area is 239 Å². The number of halogens is 4. The van der Waals surface area contributed by atoms with Crippen molar-refractivity contribution >= 4 is 34.2 Å². The molecule has 1 atom stereocenters. The fourth-order valence-electron chi connectivity index (χ4n) is 5.12. The van der Waals surface area contributed by atoms with E-state index in [0.29, 0.717) is 38.9 Å². The van der Waals surface area contributed by atoms with E-state index in [9.17, 15) is 22.8 Å². The van der Waals surface area contributed by atoms with E-state index in [0.717, 1.165) is 6.07 Å². The highest BCUT2D eigenvalue weighted by molar-refractivity contribution is 6.34.